The Kier molecular flexibility index (Phi) is 5.77. The lowest BCUT2D eigenvalue weighted by atomic mass is 9.92. The monoisotopic (exact) mass is 362 g/mol. The van der Waals surface area contributed by atoms with Crippen LogP contribution in [0.5, 0.6) is 0 Å². The van der Waals surface area contributed by atoms with E-state index >= 15 is 0 Å². The summed E-state index contributed by atoms with van der Waals surface area (Å²) in [6, 6.07) is 3.45. The third kappa shape index (κ3) is 4.71. The Morgan fingerprint density at radius 3 is 2.65 bits per heavy atom. The van der Waals surface area contributed by atoms with Gasteiger partial charge in [-0.15, -0.1) is 0 Å². The average molecular weight is 362 g/mol. The van der Waals surface area contributed by atoms with Crippen LogP contribution in [0.4, 0.5) is 0 Å². The van der Waals surface area contributed by atoms with Crippen molar-refractivity contribution in [1.82, 2.24) is 19.6 Å². The molecule has 2 aliphatic rings. The first-order chi connectivity index (χ1) is 12.3. The molecule has 0 saturated carbocycles. The largest absolute Gasteiger partial charge is 0.379 e. The van der Waals surface area contributed by atoms with E-state index in [1.807, 2.05) is 11.0 Å². The van der Waals surface area contributed by atoms with E-state index in [1.54, 1.807) is 10.7 Å². The fraction of sp³-hybridized carbons (Fsp3) is 0.737. The Hall–Kier alpha value is -1.73. The van der Waals surface area contributed by atoms with Crippen LogP contribution in [-0.2, 0) is 21.5 Å². The molecule has 26 heavy (non-hydrogen) atoms. The second kappa shape index (κ2) is 7.88. The molecule has 0 unspecified atom stereocenters. The molecule has 1 aromatic rings. The van der Waals surface area contributed by atoms with Crippen LogP contribution in [0.3, 0.4) is 0 Å². The van der Waals surface area contributed by atoms with Crippen molar-refractivity contribution in [2.24, 2.45) is 5.92 Å². The minimum Gasteiger partial charge on any atom is -0.379 e. The van der Waals surface area contributed by atoms with Gasteiger partial charge in [0.1, 0.15) is 0 Å². The number of nitrogens with zero attached hydrogens (tertiary/aromatic N) is 4. The number of hydrogen-bond donors (Lipinski definition) is 0. The van der Waals surface area contributed by atoms with Gasteiger partial charge >= 0.3 is 0 Å². The summed E-state index contributed by atoms with van der Waals surface area (Å²) in [7, 11) is 0. The molecule has 0 radical (unpaired) electrons. The maximum Gasteiger partial charge on any atom is 0.266 e. The van der Waals surface area contributed by atoms with Crippen LogP contribution in [0.25, 0.3) is 0 Å². The number of carbonyl (C=O) groups excluding carboxylic acids is 1. The van der Waals surface area contributed by atoms with Gasteiger partial charge in [0.15, 0.2) is 0 Å². The maximum absolute atomic E-state index is 12.1. The lowest BCUT2D eigenvalue weighted by molar-refractivity contribution is -0.130. The summed E-state index contributed by atoms with van der Waals surface area (Å²) in [6.45, 7) is 12.4. The highest BCUT2D eigenvalue weighted by Gasteiger charge is 2.28. The molecule has 0 N–H and O–H groups in total. The molecule has 0 bridgehead atoms. The van der Waals surface area contributed by atoms with E-state index in [0.717, 1.165) is 31.9 Å². The molecule has 2 fully saturated rings. The van der Waals surface area contributed by atoms with Crippen molar-refractivity contribution in [2.75, 3.05) is 45.9 Å². The van der Waals surface area contributed by atoms with Gasteiger partial charge in [-0.3, -0.25) is 9.59 Å². The molecule has 2 saturated heterocycles. The van der Waals surface area contributed by atoms with Gasteiger partial charge in [-0.2, -0.15) is 5.10 Å². The second-order valence-corrected chi connectivity index (χ2v) is 8.36. The topological polar surface area (TPSA) is 67.7 Å². The Bertz CT molecular complexity index is 689. The lowest BCUT2D eigenvalue weighted by Crippen LogP contribution is -2.52. The number of aromatic nitrogens is 2. The summed E-state index contributed by atoms with van der Waals surface area (Å²) in [5.74, 6) is 0.632. The van der Waals surface area contributed by atoms with Gasteiger partial charge in [0, 0.05) is 50.1 Å². The molecule has 1 amide bonds. The van der Waals surface area contributed by atoms with Crippen LogP contribution >= 0.6 is 0 Å². The molecule has 1 aromatic heterocycles. The zero-order chi connectivity index (χ0) is 18.7. The van der Waals surface area contributed by atoms with Gasteiger partial charge in [0.25, 0.3) is 5.56 Å². The molecular weight excluding hydrogens is 332 g/mol. The molecule has 0 aromatic carbocycles. The summed E-state index contributed by atoms with van der Waals surface area (Å²) in [5, 5.41) is 4.55. The van der Waals surface area contributed by atoms with Crippen molar-refractivity contribution in [3.8, 4) is 0 Å². The molecule has 0 aliphatic carbocycles. The Morgan fingerprint density at radius 2 is 1.92 bits per heavy atom. The average Bonchev–Trinajstić information content (AvgIpc) is 2.74. The number of carbonyl (C=O) groups is 1. The van der Waals surface area contributed by atoms with E-state index in [4.69, 9.17) is 4.74 Å². The molecule has 144 valence electrons. The smallest absolute Gasteiger partial charge is 0.266 e. The first kappa shape index (κ1) is 19.0. The number of hydrogen-bond acceptors (Lipinski definition) is 5. The zero-order valence-corrected chi connectivity index (χ0v) is 16.1. The molecule has 7 heteroatoms. The number of ether oxygens (including phenoxy) is 1. The molecule has 3 rings (SSSR count). The minimum absolute atomic E-state index is 0.0355. The highest BCUT2D eigenvalue weighted by molar-refractivity contribution is 5.76. The highest BCUT2D eigenvalue weighted by atomic mass is 16.5. The number of rotatable bonds is 5. The first-order valence-corrected chi connectivity index (χ1v) is 9.49. The summed E-state index contributed by atoms with van der Waals surface area (Å²) < 4.78 is 6.96. The van der Waals surface area contributed by atoms with Gasteiger partial charge in [-0.1, -0.05) is 20.8 Å². The molecule has 0 spiro atoms. The van der Waals surface area contributed by atoms with E-state index in [9.17, 15) is 9.59 Å². The van der Waals surface area contributed by atoms with E-state index in [0.29, 0.717) is 38.6 Å². The third-order valence-electron chi connectivity index (χ3n) is 5.10. The normalized spacial score (nSPS) is 20.1. The van der Waals surface area contributed by atoms with Crippen LogP contribution in [-0.4, -0.2) is 71.4 Å². The van der Waals surface area contributed by atoms with Gasteiger partial charge < -0.3 is 14.5 Å². The number of amides is 1. The van der Waals surface area contributed by atoms with Crippen LogP contribution in [0.2, 0.25) is 0 Å². The lowest BCUT2D eigenvalue weighted by Gasteiger charge is -2.40. The second-order valence-electron chi connectivity index (χ2n) is 8.36. The Labute approximate surface area is 154 Å². The molecular formula is C19H30N4O3. The standard InChI is InChI=1S/C19H30N4O3/c1-19(2,3)16-4-5-18(25)23(20-16)14-15-12-21(13-15)7-8-22-9-11-26-10-6-17(22)24/h4-5,15H,6-14H2,1-3H3. The van der Waals surface area contributed by atoms with Crippen molar-refractivity contribution >= 4 is 5.91 Å². The first-order valence-electron chi connectivity index (χ1n) is 9.49. The fourth-order valence-electron chi connectivity index (χ4n) is 3.42. The predicted octanol–water partition coefficient (Wildman–Crippen LogP) is 0.722. The van der Waals surface area contributed by atoms with Crippen molar-refractivity contribution < 1.29 is 9.53 Å². The van der Waals surface area contributed by atoms with Crippen LogP contribution in [0.15, 0.2) is 16.9 Å². The quantitative estimate of drug-likeness (QED) is 0.772. The Morgan fingerprint density at radius 1 is 1.15 bits per heavy atom. The number of likely N-dealkylation sites (tertiary alicyclic amines) is 1. The van der Waals surface area contributed by atoms with Crippen molar-refractivity contribution in [3.05, 3.63) is 28.2 Å². The zero-order valence-electron chi connectivity index (χ0n) is 16.1. The third-order valence-corrected chi connectivity index (χ3v) is 5.10. The van der Waals surface area contributed by atoms with E-state index in [1.165, 1.54) is 0 Å². The van der Waals surface area contributed by atoms with Crippen molar-refractivity contribution in [1.29, 1.82) is 0 Å². The van der Waals surface area contributed by atoms with Gasteiger partial charge in [-0.25, -0.2) is 4.68 Å². The van der Waals surface area contributed by atoms with Crippen LogP contribution in [0.1, 0.15) is 32.9 Å². The van der Waals surface area contributed by atoms with Gasteiger partial charge in [0.2, 0.25) is 5.91 Å². The van der Waals surface area contributed by atoms with Crippen molar-refractivity contribution in [2.45, 2.75) is 39.2 Å². The highest BCUT2D eigenvalue weighted by Crippen LogP contribution is 2.20. The van der Waals surface area contributed by atoms with Gasteiger partial charge in [-0.05, 0) is 6.07 Å². The van der Waals surface area contributed by atoms with E-state index in [2.05, 4.69) is 30.8 Å². The van der Waals surface area contributed by atoms with Crippen LogP contribution < -0.4 is 5.56 Å². The molecule has 7 nitrogen and oxygen atoms in total. The maximum atomic E-state index is 12.1. The van der Waals surface area contributed by atoms with Crippen molar-refractivity contribution in [3.63, 3.8) is 0 Å². The summed E-state index contributed by atoms with van der Waals surface area (Å²) in [6.07, 6.45) is 0.487. The molecule has 3 heterocycles. The summed E-state index contributed by atoms with van der Waals surface area (Å²) in [4.78, 5) is 28.3. The molecule has 2 aliphatic heterocycles. The Balaban J connectivity index is 1.47. The SMILES string of the molecule is CC(C)(C)c1ccc(=O)n(CC2CN(CCN3CCOCCC3=O)C2)n1. The van der Waals surface area contributed by atoms with E-state index < -0.39 is 0 Å². The fourth-order valence-corrected chi connectivity index (χ4v) is 3.42. The van der Waals surface area contributed by atoms with Crippen LogP contribution in [0, 0.1) is 5.92 Å². The minimum atomic E-state index is -0.0650. The summed E-state index contributed by atoms with van der Waals surface area (Å²) in [5.41, 5.74) is 0.839. The molecule has 0 atom stereocenters. The predicted molar refractivity (Wildman–Crippen MR) is 99.1 cm³/mol. The van der Waals surface area contributed by atoms with E-state index in [-0.39, 0.29) is 16.9 Å². The van der Waals surface area contributed by atoms with Gasteiger partial charge in [0.05, 0.1) is 31.9 Å². The summed E-state index contributed by atoms with van der Waals surface area (Å²) >= 11 is 0.